The highest BCUT2D eigenvalue weighted by Gasteiger charge is 2.48. The first-order chi connectivity index (χ1) is 7.10. The summed E-state index contributed by atoms with van der Waals surface area (Å²) in [7, 11) is 0. The fraction of sp³-hybridized carbons (Fsp3) is 1.00. The van der Waals surface area contributed by atoms with E-state index in [4.69, 9.17) is 10.5 Å². The highest BCUT2D eigenvalue weighted by molar-refractivity contribution is 5.03. The van der Waals surface area contributed by atoms with Gasteiger partial charge in [-0.25, -0.2) is 0 Å². The third-order valence-corrected chi connectivity index (χ3v) is 4.63. The van der Waals surface area contributed by atoms with Gasteiger partial charge in [0.1, 0.15) is 0 Å². The molecule has 2 saturated heterocycles. The van der Waals surface area contributed by atoms with Crippen molar-refractivity contribution in [2.45, 2.75) is 38.8 Å². The van der Waals surface area contributed by atoms with Gasteiger partial charge in [-0.1, -0.05) is 13.8 Å². The van der Waals surface area contributed by atoms with Crippen LogP contribution >= 0.6 is 0 Å². The topological polar surface area (TPSA) is 38.5 Å². The minimum atomic E-state index is 0.124. The van der Waals surface area contributed by atoms with Crippen LogP contribution in [0.5, 0.6) is 0 Å². The zero-order chi connectivity index (χ0) is 11.1. The molecule has 15 heavy (non-hydrogen) atoms. The fourth-order valence-corrected chi connectivity index (χ4v) is 3.08. The molecule has 2 aliphatic rings. The zero-order valence-electron chi connectivity index (χ0n) is 10.2. The summed E-state index contributed by atoms with van der Waals surface area (Å²) in [5, 5.41) is 0. The minimum absolute atomic E-state index is 0.124. The number of nitrogens with two attached hydrogens (primary N) is 1. The van der Waals surface area contributed by atoms with Crippen molar-refractivity contribution in [1.82, 2.24) is 4.90 Å². The van der Waals surface area contributed by atoms with Gasteiger partial charge in [0.25, 0.3) is 0 Å². The normalized spacial score (nSPS) is 47.6. The summed E-state index contributed by atoms with van der Waals surface area (Å²) in [6, 6.07) is 0. The predicted molar refractivity (Wildman–Crippen MR) is 61.7 cm³/mol. The summed E-state index contributed by atoms with van der Waals surface area (Å²) in [6.07, 6.45) is 1.39. The van der Waals surface area contributed by atoms with E-state index in [0.717, 1.165) is 31.4 Å². The lowest BCUT2D eigenvalue weighted by atomic mass is 9.90. The number of nitrogens with zero attached hydrogens (tertiary/aromatic N) is 1. The first-order valence-electron chi connectivity index (χ1n) is 6.17. The number of hydrogen-bond acceptors (Lipinski definition) is 3. The van der Waals surface area contributed by atoms with E-state index in [0.29, 0.717) is 6.10 Å². The van der Waals surface area contributed by atoms with Gasteiger partial charge >= 0.3 is 0 Å². The average Bonchev–Trinajstić information content (AvgIpc) is 2.73. The molecule has 0 amide bonds. The summed E-state index contributed by atoms with van der Waals surface area (Å²) < 4.78 is 5.72. The lowest BCUT2D eigenvalue weighted by Crippen LogP contribution is -2.57. The van der Waals surface area contributed by atoms with Gasteiger partial charge in [0, 0.05) is 26.2 Å². The molecule has 0 aromatic rings. The molecule has 0 aliphatic carbocycles. The monoisotopic (exact) mass is 212 g/mol. The van der Waals surface area contributed by atoms with Crippen molar-refractivity contribution in [1.29, 1.82) is 0 Å². The Morgan fingerprint density at radius 1 is 1.27 bits per heavy atom. The summed E-state index contributed by atoms with van der Waals surface area (Å²) in [5.74, 6) is 1.59. The maximum Gasteiger partial charge on any atom is 0.0743 e. The second-order valence-corrected chi connectivity index (χ2v) is 5.43. The third kappa shape index (κ3) is 1.71. The van der Waals surface area contributed by atoms with Crippen LogP contribution in [0.25, 0.3) is 0 Å². The fourth-order valence-electron chi connectivity index (χ4n) is 3.08. The number of ether oxygens (including phenoxy) is 1. The predicted octanol–water partition coefficient (Wildman–Crippen LogP) is 1.08. The Morgan fingerprint density at radius 3 is 2.27 bits per heavy atom. The molecule has 0 bridgehead atoms. The zero-order valence-corrected chi connectivity index (χ0v) is 10.2. The molecule has 2 N–H and O–H groups in total. The van der Waals surface area contributed by atoms with E-state index >= 15 is 0 Å². The van der Waals surface area contributed by atoms with Crippen LogP contribution in [0.2, 0.25) is 0 Å². The third-order valence-electron chi connectivity index (χ3n) is 4.63. The van der Waals surface area contributed by atoms with Crippen molar-refractivity contribution < 1.29 is 4.74 Å². The van der Waals surface area contributed by atoms with Crippen molar-refractivity contribution in [3.8, 4) is 0 Å². The second kappa shape index (κ2) is 4.04. The first-order valence-corrected chi connectivity index (χ1v) is 6.17. The Labute approximate surface area is 93.0 Å². The van der Waals surface area contributed by atoms with Crippen LogP contribution in [-0.4, -0.2) is 42.8 Å². The van der Waals surface area contributed by atoms with Gasteiger partial charge in [-0.2, -0.15) is 0 Å². The quantitative estimate of drug-likeness (QED) is 0.744. The van der Waals surface area contributed by atoms with Crippen LogP contribution in [0.1, 0.15) is 27.2 Å². The molecular formula is C12H24N2O. The molecule has 3 heteroatoms. The summed E-state index contributed by atoms with van der Waals surface area (Å²) in [6.45, 7) is 10.8. The lowest BCUT2D eigenvalue weighted by molar-refractivity contribution is 0.0245. The Hall–Kier alpha value is -0.120. The molecule has 0 aromatic heterocycles. The Bertz CT molecular complexity index is 224. The van der Waals surface area contributed by atoms with Crippen LogP contribution in [0.4, 0.5) is 0 Å². The Morgan fingerprint density at radius 2 is 1.87 bits per heavy atom. The van der Waals surface area contributed by atoms with Crippen molar-refractivity contribution in [3.05, 3.63) is 0 Å². The van der Waals surface area contributed by atoms with E-state index in [-0.39, 0.29) is 5.54 Å². The van der Waals surface area contributed by atoms with E-state index in [9.17, 15) is 0 Å². The molecule has 0 radical (unpaired) electrons. The van der Waals surface area contributed by atoms with Crippen LogP contribution in [-0.2, 0) is 4.74 Å². The van der Waals surface area contributed by atoms with Gasteiger partial charge in [-0.05, 0) is 25.2 Å². The SMILES string of the molecule is CC1CN(C2(CN)CCOC2C)CC1C. The first kappa shape index (κ1) is 11.4. The van der Waals surface area contributed by atoms with Crippen LogP contribution < -0.4 is 5.73 Å². The minimum Gasteiger partial charge on any atom is -0.376 e. The molecule has 88 valence electrons. The van der Waals surface area contributed by atoms with Crippen molar-refractivity contribution in [2.24, 2.45) is 17.6 Å². The molecule has 2 heterocycles. The molecule has 2 fully saturated rings. The molecule has 0 spiro atoms. The molecule has 2 aliphatic heterocycles. The van der Waals surface area contributed by atoms with Crippen molar-refractivity contribution in [2.75, 3.05) is 26.2 Å². The molecule has 0 aromatic carbocycles. The van der Waals surface area contributed by atoms with Gasteiger partial charge in [0.05, 0.1) is 11.6 Å². The van der Waals surface area contributed by atoms with Gasteiger partial charge in [-0.3, -0.25) is 4.90 Å². The van der Waals surface area contributed by atoms with E-state index in [1.807, 2.05) is 0 Å². The van der Waals surface area contributed by atoms with Crippen molar-refractivity contribution >= 4 is 0 Å². The van der Waals surface area contributed by atoms with Crippen LogP contribution in [0, 0.1) is 11.8 Å². The number of likely N-dealkylation sites (tertiary alicyclic amines) is 1. The van der Waals surface area contributed by atoms with Crippen LogP contribution in [0.15, 0.2) is 0 Å². The van der Waals surface area contributed by atoms with Gasteiger partial charge in [0.15, 0.2) is 0 Å². The van der Waals surface area contributed by atoms with Gasteiger partial charge in [-0.15, -0.1) is 0 Å². The Kier molecular flexibility index (Phi) is 3.06. The van der Waals surface area contributed by atoms with Crippen LogP contribution in [0.3, 0.4) is 0 Å². The van der Waals surface area contributed by atoms with E-state index in [1.165, 1.54) is 13.1 Å². The van der Waals surface area contributed by atoms with E-state index in [1.54, 1.807) is 0 Å². The second-order valence-electron chi connectivity index (χ2n) is 5.43. The van der Waals surface area contributed by atoms with Crippen molar-refractivity contribution in [3.63, 3.8) is 0 Å². The average molecular weight is 212 g/mol. The summed E-state index contributed by atoms with van der Waals surface area (Å²) in [4.78, 5) is 2.58. The standard InChI is InChI=1S/C12H24N2O/c1-9-6-14(7-10(9)2)12(8-13)4-5-15-11(12)3/h9-11H,4-8,13H2,1-3H3. The molecule has 2 rings (SSSR count). The molecule has 3 nitrogen and oxygen atoms in total. The maximum absolute atomic E-state index is 6.01. The summed E-state index contributed by atoms with van der Waals surface area (Å²) >= 11 is 0. The molecule has 0 saturated carbocycles. The number of hydrogen-bond donors (Lipinski definition) is 1. The number of rotatable bonds is 2. The van der Waals surface area contributed by atoms with Gasteiger partial charge < -0.3 is 10.5 Å². The van der Waals surface area contributed by atoms with E-state index in [2.05, 4.69) is 25.7 Å². The smallest absolute Gasteiger partial charge is 0.0743 e. The Balaban J connectivity index is 2.13. The highest BCUT2D eigenvalue weighted by atomic mass is 16.5. The lowest BCUT2D eigenvalue weighted by Gasteiger charge is -2.40. The summed E-state index contributed by atoms with van der Waals surface area (Å²) in [5.41, 5.74) is 6.13. The molecule has 4 unspecified atom stereocenters. The van der Waals surface area contributed by atoms with Gasteiger partial charge in [0.2, 0.25) is 0 Å². The maximum atomic E-state index is 6.01. The molecule has 4 atom stereocenters. The molecular weight excluding hydrogens is 188 g/mol. The highest BCUT2D eigenvalue weighted by Crippen LogP contribution is 2.36. The largest absolute Gasteiger partial charge is 0.376 e. The van der Waals surface area contributed by atoms with E-state index < -0.39 is 0 Å².